The third-order valence-corrected chi connectivity index (χ3v) is 3.46. The smallest absolute Gasteiger partial charge is 0.143 e. The van der Waals surface area contributed by atoms with Crippen molar-refractivity contribution in [2.75, 3.05) is 0 Å². The van der Waals surface area contributed by atoms with Crippen molar-refractivity contribution in [2.24, 2.45) is 11.3 Å². The maximum Gasteiger partial charge on any atom is 0.143 e. The van der Waals surface area contributed by atoms with Gasteiger partial charge in [0.15, 0.2) is 0 Å². The van der Waals surface area contributed by atoms with E-state index in [4.69, 9.17) is 0 Å². The molecule has 1 unspecified atom stereocenters. The zero-order valence-corrected chi connectivity index (χ0v) is 13.9. The fourth-order valence-corrected chi connectivity index (χ4v) is 2.95. The van der Waals surface area contributed by atoms with E-state index in [1.165, 1.54) is 6.42 Å². The Hall–Kier alpha value is -0.380. The van der Waals surface area contributed by atoms with Crippen LogP contribution in [0.15, 0.2) is 0 Å². The molecule has 3 nitrogen and oxygen atoms in total. The molecule has 1 atom stereocenters. The molecule has 0 amide bonds. The molecule has 0 aromatic carbocycles. The number of aromatic nitrogens is 3. The summed E-state index contributed by atoms with van der Waals surface area (Å²) in [5.41, 5.74) is 0.382. The van der Waals surface area contributed by atoms with E-state index >= 15 is 0 Å². The van der Waals surface area contributed by atoms with Gasteiger partial charge in [-0.05, 0) is 24.2 Å². The third-order valence-electron chi connectivity index (χ3n) is 2.96. The lowest BCUT2D eigenvalue weighted by Crippen LogP contribution is -2.15. The van der Waals surface area contributed by atoms with Gasteiger partial charge in [-0.25, -0.2) is 0 Å². The molecular weight excluding hydrogens is 290 g/mol. The second-order valence-electron chi connectivity index (χ2n) is 6.39. The van der Waals surface area contributed by atoms with E-state index in [0.29, 0.717) is 11.3 Å². The van der Waals surface area contributed by atoms with Gasteiger partial charge in [-0.2, -0.15) is 0 Å². The van der Waals surface area contributed by atoms with Gasteiger partial charge >= 0.3 is 0 Å². The lowest BCUT2D eigenvalue weighted by atomic mass is 9.84. The first kappa shape index (κ1) is 15.7. The Morgan fingerprint density at radius 1 is 1.22 bits per heavy atom. The van der Waals surface area contributed by atoms with Gasteiger partial charge in [-0.15, -0.1) is 10.2 Å². The molecule has 4 heteroatoms. The molecule has 1 aromatic rings. The number of hydrogen-bond donors (Lipinski definition) is 0. The highest BCUT2D eigenvalue weighted by molar-refractivity contribution is 9.08. The van der Waals surface area contributed by atoms with Crippen LogP contribution in [0.3, 0.4) is 0 Å². The van der Waals surface area contributed by atoms with Gasteiger partial charge in [0, 0.05) is 13.0 Å². The van der Waals surface area contributed by atoms with Crippen LogP contribution < -0.4 is 0 Å². The normalized spacial score (nSPS) is 13.9. The number of hydrogen-bond acceptors (Lipinski definition) is 2. The van der Waals surface area contributed by atoms with Gasteiger partial charge in [0.1, 0.15) is 11.6 Å². The van der Waals surface area contributed by atoms with Gasteiger partial charge in [0.25, 0.3) is 0 Å². The fraction of sp³-hybridized carbons (Fsp3) is 0.857. The van der Waals surface area contributed by atoms with Gasteiger partial charge in [-0.1, -0.05) is 50.5 Å². The van der Waals surface area contributed by atoms with Crippen molar-refractivity contribution < 1.29 is 0 Å². The fourth-order valence-electron chi connectivity index (χ4n) is 2.53. The van der Waals surface area contributed by atoms with Crippen LogP contribution in [-0.2, 0) is 18.3 Å². The molecule has 1 rings (SSSR count). The Bertz CT molecular complexity index is 366. The SMILES string of the molecule is CCCn1c(CBr)nnc1CC(C)CC(C)(C)C. The van der Waals surface area contributed by atoms with Gasteiger partial charge < -0.3 is 4.57 Å². The summed E-state index contributed by atoms with van der Waals surface area (Å²) in [6, 6.07) is 0. The van der Waals surface area contributed by atoms with Crippen LogP contribution >= 0.6 is 15.9 Å². The molecule has 0 aliphatic heterocycles. The molecule has 0 bridgehead atoms. The summed E-state index contributed by atoms with van der Waals surface area (Å²) < 4.78 is 2.27. The van der Waals surface area contributed by atoms with Crippen LogP contribution in [0, 0.1) is 11.3 Å². The van der Waals surface area contributed by atoms with Gasteiger partial charge in [0.2, 0.25) is 0 Å². The summed E-state index contributed by atoms with van der Waals surface area (Å²) in [5, 5.41) is 9.41. The van der Waals surface area contributed by atoms with E-state index in [0.717, 1.165) is 36.4 Å². The molecule has 1 aromatic heterocycles. The standard InChI is InChI=1S/C14H26BrN3/c1-6-7-18-12(16-17-13(18)10-15)8-11(2)9-14(3,4)5/h11H,6-10H2,1-5H3. The predicted octanol–water partition coefficient (Wildman–Crippen LogP) is 4.20. The minimum absolute atomic E-state index is 0.382. The maximum atomic E-state index is 4.36. The van der Waals surface area contributed by atoms with Crippen LogP contribution in [0.25, 0.3) is 0 Å². The average Bonchev–Trinajstić information content (AvgIpc) is 2.59. The van der Waals surface area contributed by atoms with Crippen LogP contribution in [0.1, 0.15) is 59.1 Å². The molecule has 104 valence electrons. The summed E-state index contributed by atoms with van der Waals surface area (Å²) in [6.45, 7) is 12.4. The molecule has 0 saturated heterocycles. The van der Waals surface area contributed by atoms with Crippen molar-refractivity contribution in [3.05, 3.63) is 11.6 Å². The Morgan fingerprint density at radius 3 is 2.33 bits per heavy atom. The monoisotopic (exact) mass is 315 g/mol. The first-order valence-electron chi connectivity index (χ1n) is 6.84. The molecule has 0 spiro atoms. The van der Waals surface area contributed by atoms with Crippen LogP contribution in [0.5, 0.6) is 0 Å². The highest BCUT2D eigenvalue weighted by Crippen LogP contribution is 2.26. The summed E-state index contributed by atoms with van der Waals surface area (Å²) in [4.78, 5) is 0. The van der Waals surface area contributed by atoms with Gasteiger partial charge in [-0.3, -0.25) is 0 Å². The molecule has 0 aliphatic carbocycles. The second-order valence-corrected chi connectivity index (χ2v) is 6.95. The maximum absolute atomic E-state index is 4.36. The Balaban J connectivity index is 2.74. The third kappa shape index (κ3) is 4.71. The Kier molecular flexibility index (Phi) is 5.83. The molecular formula is C14H26BrN3. The van der Waals surface area contributed by atoms with E-state index < -0.39 is 0 Å². The number of nitrogens with zero attached hydrogens (tertiary/aromatic N) is 3. The predicted molar refractivity (Wildman–Crippen MR) is 79.9 cm³/mol. The van der Waals surface area contributed by atoms with E-state index in [9.17, 15) is 0 Å². The number of rotatable bonds is 6. The second kappa shape index (κ2) is 6.69. The van der Waals surface area contributed by atoms with Crippen molar-refractivity contribution >= 4 is 15.9 Å². The van der Waals surface area contributed by atoms with E-state index in [1.807, 2.05) is 0 Å². The van der Waals surface area contributed by atoms with Crippen LogP contribution in [0.2, 0.25) is 0 Å². The minimum atomic E-state index is 0.382. The lowest BCUT2D eigenvalue weighted by Gasteiger charge is -2.23. The number of alkyl halides is 1. The zero-order valence-electron chi connectivity index (χ0n) is 12.3. The van der Waals surface area contributed by atoms with E-state index in [1.54, 1.807) is 0 Å². The van der Waals surface area contributed by atoms with Crippen LogP contribution in [0.4, 0.5) is 0 Å². The average molecular weight is 316 g/mol. The first-order chi connectivity index (χ1) is 8.37. The Morgan fingerprint density at radius 2 is 1.83 bits per heavy atom. The van der Waals surface area contributed by atoms with Crippen molar-refractivity contribution in [1.82, 2.24) is 14.8 Å². The minimum Gasteiger partial charge on any atom is -0.314 e. The molecule has 18 heavy (non-hydrogen) atoms. The zero-order chi connectivity index (χ0) is 13.8. The summed E-state index contributed by atoms with van der Waals surface area (Å²) in [5.74, 6) is 2.84. The lowest BCUT2D eigenvalue weighted by molar-refractivity contribution is 0.301. The Labute approximate surface area is 120 Å². The van der Waals surface area contributed by atoms with Crippen LogP contribution in [-0.4, -0.2) is 14.8 Å². The summed E-state index contributed by atoms with van der Waals surface area (Å²) in [6.07, 6.45) is 3.37. The largest absolute Gasteiger partial charge is 0.314 e. The summed E-state index contributed by atoms with van der Waals surface area (Å²) in [7, 11) is 0. The number of halogens is 1. The van der Waals surface area contributed by atoms with Crippen molar-refractivity contribution in [1.29, 1.82) is 0 Å². The molecule has 0 saturated carbocycles. The highest BCUT2D eigenvalue weighted by Gasteiger charge is 2.18. The molecule has 0 N–H and O–H groups in total. The van der Waals surface area contributed by atoms with Crippen molar-refractivity contribution in [2.45, 2.75) is 65.8 Å². The van der Waals surface area contributed by atoms with E-state index in [2.05, 4.69) is 65.3 Å². The van der Waals surface area contributed by atoms with E-state index in [-0.39, 0.29) is 0 Å². The first-order valence-corrected chi connectivity index (χ1v) is 7.96. The topological polar surface area (TPSA) is 30.7 Å². The molecule has 0 radical (unpaired) electrons. The molecule has 1 heterocycles. The van der Waals surface area contributed by atoms with Crippen molar-refractivity contribution in [3.63, 3.8) is 0 Å². The molecule has 0 aliphatic rings. The van der Waals surface area contributed by atoms with Gasteiger partial charge in [0.05, 0.1) is 5.33 Å². The van der Waals surface area contributed by atoms with Crippen molar-refractivity contribution in [3.8, 4) is 0 Å². The summed E-state index contributed by atoms with van der Waals surface area (Å²) >= 11 is 3.48. The quantitative estimate of drug-likeness (QED) is 0.737. The highest BCUT2D eigenvalue weighted by atomic mass is 79.9. The molecule has 0 fully saturated rings.